The molecule has 0 radical (unpaired) electrons. The summed E-state index contributed by atoms with van der Waals surface area (Å²) in [5.41, 5.74) is 1.44. The minimum atomic E-state index is 0.828. The van der Waals surface area contributed by atoms with Gasteiger partial charge in [-0.15, -0.1) is 0 Å². The molecule has 1 aromatic carbocycles. The molecule has 17 heavy (non-hydrogen) atoms. The predicted molar refractivity (Wildman–Crippen MR) is 73.2 cm³/mol. The van der Waals surface area contributed by atoms with Gasteiger partial charge in [-0.2, -0.15) is 0 Å². The van der Waals surface area contributed by atoms with Gasteiger partial charge in [0.2, 0.25) is 0 Å². The van der Waals surface area contributed by atoms with E-state index in [1.54, 1.807) is 0 Å². The van der Waals surface area contributed by atoms with Crippen molar-refractivity contribution in [1.82, 2.24) is 10.2 Å². The molecule has 2 heteroatoms. The lowest BCUT2D eigenvalue weighted by atomic mass is 9.97. The van der Waals surface area contributed by atoms with Crippen molar-refractivity contribution >= 4 is 0 Å². The third-order valence-electron chi connectivity index (χ3n) is 3.85. The molecule has 94 valence electrons. The molecule has 0 aliphatic carbocycles. The summed E-state index contributed by atoms with van der Waals surface area (Å²) in [7, 11) is 2.24. The van der Waals surface area contributed by atoms with Crippen LogP contribution in [0, 0.1) is 11.8 Å². The number of nitrogens with one attached hydrogen (secondary N) is 1. The van der Waals surface area contributed by atoms with E-state index in [2.05, 4.69) is 54.5 Å². The lowest BCUT2D eigenvalue weighted by molar-refractivity contribution is 0.261. The molecular weight excluding hydrogens is 208 g/mol. The van der Waals surface area contributed by atoms with Gasteiger partial charge in [0.05, 0.1) is 0 Å². The Hall–Kier alpha value is -0.860. The van der Waals surface area contributed by atoms with E-state index in [1.165, 1.54) is 25.2 Å². The maximum Gasteiger partial charge on any atom is 0.00219 e. The predicted octanol–water partition coefficient (Wildman–Crippen LogP) is 2.02. The van der Waals surface area contributed by atoms with E-state index in [0.717, 1.165) is 24.8 Å². The van der Waals surface area contributed by atoms with E-state index in [-0.39, 0.29) is 0 Å². The van der Waals surface area contributed by atoms with Crippen molar-refractivity contribution in [2.45, 2.75) is 13.3 Å². The Morgan fingerprint density at radius 3 is 2.65 bits per heavy atom. The summed E-state index contributed by atoms with van der Waals surface area (Å²) in [5, 5.41) is 3.47. The van der Waals surface area contributed by atoms with Crippen LogP contribution in [0.3, 0.4) is 0 Å². The van der Waals surface area contributed by atoms with E-state index < -0.39 is 0 Å². The van der Waals surface area contributed by atoms with Crippen LogP contribution in [-0.4, -0.2) is 38.1 Å². The molecule has 0 aromatic heterocycles. The smallest absolute Gasteiger partial charge is 0.00219 e. The van der Waals surface area contributed by atoms with Crippen molar-refractivity contribution in [3.63, 3.8) is 0 Å². The SMILES string of the molecule is C[C@@H]1CNC[C@H]1CN(C)CCc1ccccc1. The first-order valence-corrected chi connectivity index (χ1v) is 6.69. The van der Waals surface area contributed by atoms with Gasteiger partial charge in [0, 0.05) is 13.1 Å². The van der Waals surface area contributed by atoms with Crippen LogP contribution in [0.25, 0.3) is 0 Å². The fourth-order valence-electron chi connectivity index (χ4n) is 2.57. The number of hydrogen-bond acceptors (Lipinski definition) is 2. The van der Waals surface area contributed by atoms with E-state index in [9.17, 15) is 0 Å². The summed E-state index contributed by atoms with van der Waals surface area (Å²) in [6, 6.07) is 10.8. The van der Waals surface area contributed by atoms with Crippen LogP contribution < -0.4 is 5.32 Å². The molecule has 0 bridgehead atoms. The maximum absolute atomic E-state index is 3.47. The Kier molecular flexibility index (Phi) is 4.57. The third-order valence-corrected chi connectivity index (χ3v) is 3.85. The molecule has 0 amide bonds. The van der Waals surface area contributed by atoms with Gasteiger partial charge in [-0.05, 0) is 44.0 Å². The van der Waals surface area contributed by atoms with Gasteiger partial charge >= 0.3 is 0 Å². The van der Waals surface area contributed by atoms with E-state index in [0.29, 0.717) is 0 Å². The van der Waals surface area contributed by atoms with Crippen LogP contribution >= 0.6 is 0 Å². The molecule has 1 aromatic rings. The molecule has 1 N–H and O–H groups in total. The van der Waals surface area contributed by atoms with Gasteiger partial charge in [0.15, 0.2) is 0 Å². The van der Waals surface area contributed by atoms with Gasteiger partial charge in [-0.3, -0.25) is 0 Å². The Labute approximate surface area is 105 Å². The molecule has 1 aliphatic rings. The minimum absolute atomic E-state index is 0.828. The molecule has 1 heterocycles. The van der Waals surface area contributed by atoms with Crippen molar-refractivity contribution in [2.24, 2.45) is 11.8 Å². The minimum Gasteiger partial charge on any atom is -0.316 e. The molecule has 1 fully saturated rings. The number of benzene rings is 1. The molecule has 0 spiro atoms. The second-order valence-electron chi connectivity index (χ2n) is 5.39. The van der Waals surface area contributed by atoms with Gasteiger partial charge in [0.1, 0.15) is 0 Å². The second kappa shape index (κ2) is 6.18. The Balaban J connectivity index is 1.72. The standard InChI is InChI=1S/C15H24N2/c1-13-10-16-11-15(13)12-17(2)9-8-14-6-4-3-5-7-14/h3-7,13,15-16H,8-12H2,1-2H3/t13-,15+/m1/s1. The van der Waals surface area contributed by atoms with Crippen molar-refractivity contribution in [3.8, 4) is 0 Å². The van der Waals surface area contributed by atoms with Gasteiger partial charge in [0.25, 0.3) is 0 Å². The van der Waals surface area contributed by atoms with Gasteiger partial charge < -0.3 is 10.2 Å². The molecule has 0 saturated carbocycles. The fourth-order valence-corrected chi connectivity index (χ4v) is 2.57. The van der Waals surface area contributed by atoms with Crippen molar-refractivity contribution in [2.75, 3.05) is 33.2 Å². The highest BCUT2D eigenvalue weighted by atomic mass is 15.1. The molecule has 2 atom stereocenters. The third kappa shape index (κ3) is 3.83. The monoisotopic (exact) mass is 232 g/mol. The van der Waals surface area contributed by atoms with Crippen LogP contribution in [0.5, 0.6) is 0 Å². The average molecular weight is 232 g/mol. The summed E-state index contributed by atoms with van der Waals surface area (Å²) < 4.78 is 0. The highest BCUT2D eigenvalue weighted by Gasteiger charge is 2.23. The van der Waals surface area contributed by atoms with E-state index in [1.807, 2.05) is 0 Å². The van der Waals surface area contributed by atoms with Crippen molar-refractivity contribution in [3.05, 3.63) is 35.9 Å². The van der Waals surface area contributed by atoms with E-state index >= 15 is 0 Å². The molecule has 2 rings (SSSR count). The van der Waals surface area contributed by atoms with Crippen LogP contribution in [-0.2, 0) is 6.42 Å². The van der Waals surface area contributed by atoms with Crippen LogP contribution in [0.1, 0.15) is 12.5 Å². The number of rotatable bonds is 5. The Morgan fingerprint density at radius 2 is 2.00 bits per heavy atom. The summed E-state index contributed by atoms with van der Waals surface area (Å²) in [6.07, 6.45) is 1.16. The first kappa shape index (κ1) is 12.6. The van der Waals surface area contributed by atoms with E-state index in [4.69, 9.17) is 0 Å². The lowest BCUT2D eigenvalue weighted by Gasteiger charge is -2.23. The molecule has 2 nitrogen and oxygen atoms in total. The van der Waals surface area contributed by atoms with Crippen LogP contribution in [0.15, 0.2) is 30.3 Å². The molecule has 1 aliphatic heterocycles. The number of hydrogen-bond donors (Lipinski definition) is 1. The van der Waals surface area contributed by atoms with Gasteiger partial charge in [-0.1, -0.05) is 37.3 Å². The summed E-state index contributed by atoms with van der Waals surface area (Å²) in [5.74, 6) is 1.66. The zero-order valence-corrected chi connectivity index (χ0v) is 11.0. The second-order valence-corrected chi connectivity index (χ2v) is 5.39. The lowest BCUT2D eigenvalue weighted by Crippen LogP contribution is -2.30. The Bertz CT molecular complexity index is 323. The normalized spacial score (nSPS) is 24.4. The maximum atomic E-state index is 3.47. The summed E-state index contributed by atoms with van der Waals surface area (Å²) in [6.45, 7) is 7.12. The van der Waals surface area contributed by atoms with Crippen molar-refractivity contribution in [1.29, 1.82) is 0 Å². The topological polar surface area (TPSA) is 15.3 Å². The first-order valence-electron chi connectivity index (χ1n) is 6.69. The van der Waals surface area contributed by atoms with Crippen LogP contribution in [0.2, 0.25) is 0 Å². The zero-order chi connectivity index (χ0) is 12.1. The average Bonchev–Trinajstić information content (AvgIpc) is 2.74. The largest absolute Gasteiger partial charge is 0.316 e. The molecular formula is C15H24N2. The summed E-state index contributed by atoms with van der Waals surface area (Å²) in [4.78, 5) is 2.47. The Morgan fingerprint density at radius 1 is 1.24 bits per heavy atom. The van der Waals surface area contributed by atoms with Gasteiger partial charge in [-0.25, -0.2) is 0 Å². The quantitative estimate of drug-likeness (QED) is 0.835. The molecule has 0 unspecified atom stereocenters. The summed E-state index contributed by atoms with van der Waals surface area (Å²) >= 11 is 0. The first-order chi connectivity index (χ1) is 8.25. The fraction of sp³-hybridized carbons (Fsp3) is 0.600. The van der Waals surface area contributed by atoms with Crippen molar-refractivity contribution < 1.29 is 0 Å². The highest BCUT2D eigenvalue weighted by molar-refractivity contribution is 5.14. The number of likely N-dealkylation sites (N-methyl/N-ethyl adjacent to an activating group) is 1. The number of nitrogens with zero attached hydrogens (tertiary/aromatic N) is 1. The zero-order valence-electron chi connectivity index (χ0n) is 11.0. The highest BCUT2D eigenvalue weighted by Crippen LogP contribution is 2.16. The molecule has 1 saturated heterocycles. The van der Waals surface area contributed by atoms with Crippen LogP contribution in [0.4, 0.5) is 0 Å².